The molecule has 0 saturated carbocycles. The number of hydrogen-bond donors (Lipinski definition) is 2. The number of aromatic nitrogens is 4. The molecule has 0 spiro atoms. The number of carbonyl (C=O) groups excluding carboxylic acids is 2. The first-order valence-electron chi connectivity index (χ1n) is 13.9. The molecule has 40 heavy (non-hydrogen) atoms. The van der Waals surface area contributed by atoms with E-state index in [4.69, 9.17) is 9.72 Å². The summed E-state index contributed by atoms with van der Waals surface area (Å²) in [5.74, 6) is 0.481. The highest BCUT2D eigenvalue weighted by atomic mass is 16.5. The van der Waals surface area contributed by atoms with E-state index in [9.17, 15) is 9.59 Å². The number of aromatic amines is 1. The number of benzene rings is 2. The standard InChI is InChI=1S/C31H36N6O3/c1-40-22-28-15-9-17-36(28)29(38)16-7-2-4-12-26-21-37(27-13-5-3-6-14-27)31(34-26)35-30(39)24-11-8-10-23(18-24)25-19-32-33-20-25/h3,5-6,8,10-11,13-14,18-21,28H,2,4,7,9,12,15-17,22H2,1H3,(H,32,33)(H,34,35,39). The summed E-state index contributed by atoms with van der Waals surface area (Å²) < 4.78 is 7.20. The fourth-order valence-electron chi connectivity index (χ4n) is 5.28. The molecule has 9 nitrogen and oxygen atoms in total. The molecule has 1 unspecified atom stereocenters. The molecular formula is C31H36N6O3. The van der Waals surface area contributed by atoms with Crippen LogP contribution in [0, 0.1) is 0 Å². The zero-order valence-electron chi connectivity index (χ0n) is 22.9. The highest BCUT2D eigenvalue weighted by molar-refractivity contribution is 6.04. The third-order valence-electron chi connectivity index (χ3n) is 7.35. The van der Waals surface area contributed by atoms with Crippen LogP contribution in [0.3, 0.4) is 0 Å². The Balaban J connectivity index is 1.21. The molecule has 1 aliphatic rings. The maximum absolute atomic E-state index is 13.2. The zero-order valence-corrected chi connectivity index (χ0v) is 22.9. The van der Waals surface area contributed by atoms with Crippen molar-refractivity contribution in [2.75, 3.05) is 25.6 Å². The molecule has 4 aromatic rings. The summed E-state index contributed by atoms with van der Waals surface area (Å²) in [6, 6.07) is 17.5. The Hall–Kier alpha value is -4.24. The van der Waals surface area contributed by atoms with Crippen LogP contribution in [0.25, 0.3) is 16.8 Å². The van der Waals surface area contributed by atoms with Gasteiger partial charge in [0.1, 0.15) is 0 Å². The summed E-state index contributed by atoms with van der Waals surface area (Å²) in [6.45, 7) is 1.45. The van der Waals surface area contributed by atoms with Crippen molar-refractivity contribution in [3.8, 4) is 16.8 Å². The fraction of sp³-hybridized carbons (Fsp3) is 0.355. The van der Waals surface area contributed by atoms with Gasteiger partial charge in [0.05, 0.1) is 24.5 Å². The number of unbranched alkanes of at least 4 members (excludes halogenated alkanes) is 2. The Morgan fingerprint density at radius 2 is 1.95 bits per heavy atom. The number of methoxy groups -OCH3 is 1. The predicted molar refractivity (Wildman–Crippen MR) is 154 cm³/mol. The van der Waals surface area contributed by atoms with Gasteiger partial charge in [-0.1, -0.05) is 36.8 Å². The van der Waals surface area contributed by atoms with Crippen molar-refractivity contribution in [1.29, 1.82) is 0 Å². The van der Waals surface area contributed by atoms with Crippen LogP contribution in [0.5, 0.6) is 0 Å². The van der Waals surface area contributed by atoms with Crippen LogP contribution in [0.2, 0.25) is 0 Å². The number of hydrogen-bond acceptors (Lipinski definition) is 5. The average molecular weight is 541 g/mol. The molecule has 2 aromatic carbocycles. The van der Waals surface area contributed by atoms with E-state index in [1.165, 1.54) is 0 Å². The molecule has 5 rings (SSSR count). The molecule has 2 amide bonds. The van der Waals surface area contributed by atoms with Crippen molar-refractivity contribution >= 4 is 17.8 Å². The van der Waals surface area contributed by atoms with Crippen molar-refractivity contribution in [2.45, 2.75) is 51.0 Å². The lowest BCUT2D eigenvalue weighted by Gasteiger charge is -2.24. The highest BCUT2D eigenvalue weighted by Gasteiger charge is 2.27. The van der Waals surface area contributed by atoms with Crippen LogP contribution >= 0.6 is 0 Å². The van der Waals surface area contributed by atoms with E-state index in [-0.39, 0.29) is 17.9 Å². The van der Waals surface area contributed by atoms with E-state index < -0.39 is 0 Å². The van der Waals surface area contributed by atoms with E-state index >= 15 is 0 Å². The summed E-state index contributed by atoms with van der Waals surface area (Å²) in [5.41, 5.74) is 4.19. The third-order valence-corrected chi connectivity index (χ3v) is 7.35. The second-order valence-corrected chi connectivity index (χ2v) is 10.2. The van der Waals surface area contributed by atoms with Gasteiger partial charge in [-0.2, -0.15) is 5.10 Å². The number of para-hydroxylation sites is 1. The number of carbonyl (C=O) groups is 2. The number of anilines is 1. The van der Waals surface area contributed by atoms with Gasteiger partial charge in [-0.3, -0.25) is 24.6 Å². The smallest absolute Gasteiger partial charge is 0.258 e. The minimum atomic E-state index is -0.230. The number of imidazole rings is 1. The number of nitrogens with one attached hydrogen (secondary N) is 2. The molecule has 0 bridgehead atoms. The number of nitrogens with zero attached hydrogens (tertiary/aromatic N) is 4. The summed E-state index contributed by atoms with van der Waals surface area (Å²) in [5, 5.41) is 9.82. The lowest BCUT2D eigenvalue weighted by molar-refractivity contribution is -0.133. The number of likely N-dealkylation sites (tertiary alicyclic amines) is 1. The van der Waals surface area contributed by atoms with Crippen molar-refractivity contribution in [3.05, 3.63) is 84.4 Å². The summed E-state index contributed by atoms with van der Waals surface area (Å²) in [6.07, 6.45) is 11.6. The summed E-state index contributed by atoms with van der Waals surface area (Å²) in [7, 11) is 1.69. The first-order chi connectivity index (χ1) is 19.6. The Kier molecular flexibility index (Phi) is 9.03. The summed E-state index contributed by atoms with van der Waals surface area (Å²) in [4.78, 5) is 32.7. The monoisotopic (exact) mass is 540 g/mol. The second-order valence-electron chi connectivity index (χ2n) is 10.2. The number of rotatable bonds is 12. The van der Waals surface area contributed by atoms with Gasteiger partial charge >= 0.3 is 0 Å². The molecule has 0 radical (unpaired) electrons. The minimum absolute atomic E-state index is 0.223. The molecule has 2 N–H and O–H groups in total. The van der Waals surface area contributed by atoms with Gasteiger partial charge in [-0.15, -0.1) is 0 Å². The topological polar surface area (TPSA) is 105 Å². The van der Waals surface area contributed by atoms with E-state index in [2.05, 4.69) is 15.5 Å². The molecule has 1 atom stereocenters. The molecule has 0 aliphatic carbocycles. The first-order valence-corrected chi connectivity index (χ1v) is 13.9. The van der Waals surface area contributed by atoms with Crippen LogP contribution < -0.4 is 5.32 Å². The van der Waals surface area contributed by atoms with Gasteiger partial charge in [0.25, 0.3) is 5.91 Å². The number of H-pyrrole nitrogens is 1. The largest absolute Gasteiger partial charge is 0.383 e. The van der Waals surface area contributed by atoms with Gasteiger partial charge in [0, 0.05) is 49.3 Å². The van der Waals surface area contributed by atoms with Crippen LogP contribution in [-0.2, 0) is 16.0 Å². The van der Waals surface area contributed by atoms with E-state index in [0.717, 1.165) is 67.6 Å². The third kappa shape index (κ3) is 6.66. The van der Waals surface area contributed by atoms with Crippen LogP contribution in [-0.4, -0.2) is 62.8 Å². The van der Waals surface area contributed by atoms with E-state index in [0.29, 0.717) is 24.5 Å². The van der Waals surface area contributed by atoms with E-state index in [1.54, 1.807) is 25.6 Å². The molecule has 1 aliphatic heterocycles. The average Bonchev–Trinajstić information content (AvgIpc) is 3.75. The molecule has 1 saturated heterocycles. The van der Waals surface area contributed by atoms with Gasteiger partial charge in [-0.05, 0) is 61.9 Å². The molecule has 208 valence electrons. The van der Waals surface area contributed by atoms with Crippen molar-refractivity contribution < 1.29 is 14.3 Å². The quantitative estimate of drug-likeness (QED) is 0.239. The Labute approximate surface area is 234 Å². The van der Waals surface area contributed by atoms with Gasteiger partial charge in [-0.25, -0.2) is 4.98 Å². The number of ether oxygens (including phenoxy) is 1. The van der Waals surface area contributed by atoms with Crippen molar-refractivity contribution in [2.24, 2.45) is 0 Å². The molecule has 9 heteroatoms. The molecule has 3 heterocycles. The van der Waals surface area contributed by atoms with Gasteiger partial charge in [0.2, 0.25) is 11.9 Å². The molecule has 2 aromatic heterocycles. The zero-order chi connectivity index (χ0) is 27.7. The SMILES string of the molecule is COCC1CCCN1C(=O)CCCCCc1cn(-c2ccccc2)c(NC(=O)c2cccc(-c3cn[nH]c3)c2)n1. The normalized spacial score (nSPS) is 14.9. The maximum Gasteiger partial charge on any atom is 0.258 e. The molecule has 1 fully saturated rings. The Bertz CT molecular complexity index is 1400. The van der Waals surface area contributed by atoms with Crippen LogP contribution in [0.4, 0.5) is 5.95 Å². The van der Waals surface area contributed by atoms with Gasteiger partial charge in [0.15, 0.2) is 0 Å². The Morgan fingerprint density at radius 3 is 2.75 bits per heavy atom. The number of amides is 2. The van der Waals surface area contributed by atoms with Crippen LogP contribution in [0.1, 0.15) is 54.6 Å². The molecular weight excluding hydrogens is 504 g/mol. The van der Waals surface area contributed by atoms with Crippen LogP contribution in [0.15, 0.2) is 73.2 Å². The summed E-state index contributed by atoms with van der Waals surface area (Å²) >= 11 is 0. The minimum Gasteiger partial charge on any atom is -0.383 e. The Morgan fingerprint density at radius 1 is 1.07 bits per heavy atom. The lowest BCUT2D eigenvalue weighted by Crippen LogP contribution is -2.37. The van der Waals surface area contributed by atoms with Crippen molar-refractivity contribution in [1.82, 2.24) is 24.6 Å². The maximum atomic E-state index is 13.2. The number of aryl methyl sites for hydroxylation is 1. The van der Waals surface area contributed by atoms with Gasteiger partial charge < -0.3 is 9.64 Å². The highest BCUT2D eigenvalue weighted by Crippen LogP contribution is 2.23. The lowest BCUT2D eigenvalue weighted by atomic mass is 10.1. The van der Waals surface area contributed by atoms with Crippen molar-refractivity contribution in [3.63, 3.8) is 0 Å². The first kappa shape index (κ1) is 27.3. The second kappa shape index (κ2) is 13.2. The predicted octanol–water partition coefficient (Wildman–Crippen LogP) is 5.26. The van der Waals surface area contributed by atoms with E-state index in [1.807, 2.05) is 64.2 Å². The fourth-order valence-corrected chi connectivity index (χ4v) is 5.28.